The van der Waals surface area contributed by atoms with Crippen LogP contribution in [0, 0.1) is 0 Å². The molecule has 0 fully saturated rings. The van der Waals surface area contributed by atoms with Gasteiger partial charge in [0.15, 0.2) is 5.16 Å². The number of thioether (sulfide) groups is 1. The molecular weight excluding hydrogens is 320 g/mol. The first-order valence-electron chi connectivity index (χ1n) is 7.72. The number of aryl methyl sites for hydroxylation is 1. The Kier molecular flexibility index (Phi) is 5.28. The number of hydrogen-bond acceptors (Lipinski definition) is 4. The Morgan fingerprint density at radius 2 is 2.08 bits per heavy atom. The van der Waals surface area contributed by atoms with Gasteiger partial charge < -0.3 is 5.32 Å². The molecule has 3 rings (SSSR count). The van der Waals surface area contributed by atoms with E-state index in [1.807, 2.05) is 42.5 Å². The minimum absolute atomic E-state index is 0.1000. The summed E-state index contributed by atoms with van der Waals surface area (Å²) in [4.78, 5) is 16.7. The second-order valence-corrected chi connectivity index (χ2v) is 6.21. The van der Waals surface area contributed by atoms with Gasteiger partial charge in [-0.1, -0.05) is 49.0 Å². The number of nitrogens with one attached hydrogen (secondary N) is 2. The van der Waals surface area contributed by atoms with E-state index in [4.69, 9.17) is 0 Å². The summed E-state index contributed by atoms with van der Waals surface area (Å²) in [6.07, 6.45) is 2.41. The zero-order valence-electron chi connectivity index (χ0n) is 13.3. The Bertz CT molecular complexity index is 817. The molecular formula is C18H18N4OS. The zero-order valence-corrected chi connectivity index (χ0v) is 14.1. The van der Waals surface area contributed by atoms with Crippen molar-refractivity contribution in [2.75, 3.05) is 5.32 Å². The third kappa shape index (κ3) is 4.02. The molecule has 5 nitrogen and oxygen atoms in total. The SMILES string of the molecule is CCc1cccc(NC(=O)c2ccccc2CSc2ncn[nH]2)c1. The summed E-state index contributed by atoms with van der Waals surface area (Å²) >= 11 is 1.51. The predicted molar refractivity (Wildman–Crippen MR) is 96.2 cm³/mol. The molecule has 2 N–H and O–H groups in total. The lowest BCUT2D eigenvalue weighted by atomic mass is 10.1. The van der Waals surface area contributed by atoms with Crippen LogP contribution in [0.2, 0.25) is 0 Å². The van der Waals surface area contributed by atoms with Gasteiger partial charge in [0.05, 0.1) is 0 Å². The van der Waals surface area contributed by atoms with E-state index in [0.29, 0.717) is 11.3 Å². The Labute approximate surface area is 144 Å². The number of amides is 1. The molecule has 6 heteroatoms. The Morgan fingerprint density at radius 3 is 2.88 bits per heavy atom. The number of benzene rings is 2. The number of hydrogen-bond donors (Lipinski definition) is 2. The molecule has 0 aliphatic rings. The van der Waals surface area contributed by atoms with Crippen LogP contribution in [-0.2, 0) is 12.2 Å². The molecule has 0 unspecified atom stereocenters. The van der Waals surface area contributed by atoms with Crippen LogP contribution in [0.3, 0.4) is 0 Å². The van der Waals surface area contributed by atoms with Gasteiger partial charge in [-0.05, 0) is 35.7 Å². The summed E-state index contributed by atoms with van der Waals surface area (Å²) < 4.78 is 0. The second-order valence-electron chi connectivity index (χ2n) is 5.24. The maximum absolute atomic E-state index is 12.6. The molecule has 0 spiro atoms. The van der Waals surface area contributed by atoms with E-state index in [2.05, 4.69) is 33.5 Å². The maximum Gasteiger partial charge on any atom is 0.255 e. The molecule has 24 heavy (non-hydrogen) atoms. The monoisotopic (exact) mass is 338 g/mol. The number of carbonyl (C=O) groups excluding carboxylic acids is 1. The van der Waals surface area contributed by atoms with E-state index in [9.17, 15) is 4.79 Å². The van der Waals surface area contributed by atoms with E-state index >= 15 is 0 Å². The van der Waals surface area contributed by atoms with E-state index in [1.54, 1.807) is 0 Å². The molecule has 3 aromatic rings. The van der Waals surface area contributed by atoms with Crippen LogP contribution in [0.25, 0.3) is 0 Å². The number of aromatic amines is 1. The summed E-state index contributed by atoms with van der Waals surface area (Å²) in [5.41, 5.74) is 3.65. The Hall–Kier alpha value is -2.60. The summed E-state index contributed by atoms with van der Waals surface area (Å²) in [7, 11) is 0. The fourth-order valence-corrected chi connectivity index (χ4v) is 3.13. The van der Waals surface area contributed by atoms with Gasteiger partial charge in [0, 0.05) is 17.0 Å². The number of aromatic nitrogens is 3. The average Bonchev–Trinajstić information content (AvgIpc) is 3.14. The number of nitrogens with zero attached hydrogens (tertiary/aromatic N) is 2. The van der Waals surface area contributed by atoms with Crippen molar-refractivity contribution in [2.45, 2.75) is 24.3 Å². The molecule has 0 atom stereocenters. The van der Waals surface area contributed by atoms with Crippen molar-refractivity contribution in [1.82, 2.24) is 15.2 Å². The normalized spacial score (nSPS) is 10.5. The largest absolute Gasteiger partial charge is 0.322 e. The third-order valence-electron chi connectivity index (χ3n) is 3.61. The van der Waals surface area contributed by atoms with Crippen LogP contribution in [0.4, 0.5) is 5.69 Å². The topological polar surface area (TPSA) is 70.7 Å². The molecule has 0 saturated carbocycles. The molecule has 2 aromatic carbocycles. The Balaban J connectivity index is 1.74. The van der Waals surface area contributed by atoms with Crippen molar-refractivity contribution < 1.29 is 4.79 Å². The standard InChI is InChI=1S/C18H18N4OS/c1-2-13-6-5-8-15(10-13)21-17(23)16-9-4-3-7-14(16)11-24-18-19-12-20-22-18/h3-10,12H,2,11H2,1H3,(H,21,23)(H,19,20,22). The first-order valence-corrected chi connectivity index (χ1v) is 8.71. The quantitative estimate of drug-likeness (QED) is 0.669. The van der Waals surface area contributed by atoms with Gasteiger partial charge in [0.2, 0.25) is 0 Å². The van der Waals surface area contributed by atoms with Gasteiger partial charge in [-0.25, -0.2) is 4.98 Å². The Morgan fingerprint density at radius 1 is 1.21 bits per heavy atom. The first kappa shape index (κ1) is 16.3. The molecule has 1 aromatic heterocycles. The molecule has 122 valence electrons. The van der Waals surface area contributed by atoms with Crippen molar-refractivity contribution in [1.29, 1.82) is 0 Å². The van der Waals surface area contributed by atoms with Crippen molar-refractivity contribution in [3.63, 3.8) is 0 Å². The second kappa shape index (κ2) is 7.79. The minimum atomic E-state index is -0.1000. The van der Waals surface area contributed by atoms with Gasteiger partial charge >= 0.3 is 0 Å². The average molecular weight is 338 g/mol. The molecule has 0 radical (unpaired) electrons. The lowest BCUT2D eigenvalue weighted by Gasteiger charge is -2.10. The van der Waals surface area contributed by atoms with E-state index in [1.165, 1.54) is 23.7 Å². The van der Waals surface area contributed by atoms with Gasteiger partial charge in [-0.3, -0.25) is 9.89 Å². The number of rotatable bonds is 6. The number of H-pyrrole nitrogens is 1. The van der Waals surface area contributed by atoms with Crippen LogP contribution < -0.4 is 5.32 Å². The highest BCUT2D eigenvalue weighted by molar-refractivity contribution is 7.98. The summed E-state index contributed by atoms with van der Waals surface area (Å²) in [6.45, 7) is 2.09. The van der Waals surface area contributed by atoms with Crippen molar-refractivity contribution in [3.05, 3.63) is 71.5 Å². The summed E-state index contributed by atoms with van der Waals surface area (Å²) in [5, 5.41) is 10.4. The maximum atomic E-state index is 12.6. The van der Waals surface area contributed by atoms with Gasteiger partial charge in [0.1, 0.15) is 6.33 Å². The highest BCUT2D eigenvalue weighted by Crippen LogP contribution is 2.22. The van der Waals surface area contributed by atoms with Crippen LogP contribution in [-0.4, -0.2) is 21.1 Å². The van der Waals surface area contributed by atoms with E-state index < -0.39 is 0 Å². The predicted octanol–water partition coefficient (Wildman–Crippen LogP) is 3.91. The number of carbonyl (C=O) groups is 1. The molecule has 1 amide bonds. The molecule has 1 heterocycles. The van der Waals surface area contributed by atoms with Gasteiger partial charge in [-0.2, -0.15) is 5.10 Å². The van der Waals surface area contributed by atoms with Gasteiger partial charge in [-0.15, -0.1) is 0 Å². The van der Waals surface area contributed by atoms with Gasteiger partial charge in [0.25, 0.3) is 5.91 Å². The molecule has 0 aliphatic heterocycles. The van der Waals surface area contributed by atoms with Crippen molar-refractivity contribution in [2.24, 2.45) is 0 Å². The zero-order chi connectivity index (χ0) is 16.8. The van der Waals surface area contributed by atoms with Crippen LogP contribution in [0.5, 0.6) is 0 Å². The molecule has 0 aliphatic carbocycles. The van der Waals surface area contributed by atoms with Crippen LogP contribution in [0.15, 0.2) is 60.0 Å². The first-order chi connectivity index (χ1) is 11.8. The highest BCUT2D eigenvalue weighted by Gasteiger charge is 2.12. The van der Waals surface area contributed by atoms with Crippen LogP contribution >= 0.6 is 11.8 Å². The van der Waals surface area contributed by atoms with Crippen molar-refractivity contribution in [3.8, 4) is 0 Å². The summed E-state index contributed by atoms with van der Waals surface area (Å²) in [6, 6.07) is 15.5. The fraction of sp³-hybridized carbons (Fsp3) is 0.167. The van der Waals surface area contributed by atoms with E-state index in [0.717, 1.165) is 22.8 Å². The number of anilines is 1. The minimum Gasteiger partial charge on any atom is -0.322 e. The highest BCUT2D eigenvalue weighted by atomic mass is 32.2. The lowest BCUT2D eigenvalue weighted by Crippen LogP contribution is -2.14. The van der Waals surface area contributed by atoms with Crippen molar-refractivity contribution >= 4 is 23.4 Å². The fourth-order valence-electron chi connectivity index (χ4n) is 2.35. The smallest absolute Gasteiger partial charge is 0.255 e. The van der Waals surface area contributed by atoms with Crippen LogP contribution in [0.1, 0.15) is 28.4 Å². The lowest BCUT2D eigenvalue weighted by molar-refractivity contribution is 0.102. The van der Waals surface area contributed by atoms with E-state index in [-0.39, 0.29) is 5.91 Å². The third-order valence-corrected chi connectivity index (χ3v) is 4.54. The summed E-state index contributed by atoms with van der Waals surface area (Å²) in [5.74, 6) is 0.547. The molecule has 0 bridgehead atoms. The molecule has 0 saturated heterocycles.